The fraction of sp³-hybridized carbons (Fsp3) is 0.357. The summed E-state index contributed by atoms with van der Waals surface area (Å²) >= 11 is 9.31. The average molecular weight is 329 g/mol. The summed E-state index contributed by atoms with van der Waals surface area (Å²) in [6.45, 7) is 0. The van der Waals surface area contributed by atoms with Crippen molar-refractivity contribution >= 4 is 38.3 Å². The van der Waals surface area contributed by atoms with E-state index in [9.17, 15) is 4.39 Å². The van der Waals surface area contributed by atoms with Crippen molar-refractivity contribution < 1.29 is 4.39 Å². The summed E-state index contributed by atoms with van der Waals surface area (Å²) in [5.41, 5.74) is 1.01. The van der Waals surface area contributed by atoms with Gasteiger partial charge in [0.25, 0.3) is 0 Å². The van der Waals surface area contributed by atoms with Crippen LogP contribution in [0.4, 0.5) is 4.39 Å². The van der Waals surface area contributed by atoms with E-state index in [0.29, 0.717) is 26.3 Å². The third-order valence-corrected chi connectivity index (χ3v) is 4.63. The molecule has 0 atom stereocenters. The van der Waals surface area contributed by atoms with Crippen LogP contribution in [0.1, 0.15) is 37.2 Å². The van der Waals surface area contributed by atoms with E-state index in [1.165, 1.54) is 12.8 Å². The Kier molecular flexibility index (Phi) is 3.29. The molecule has 0 spiro atoms. The van der Waals surface area contributed by atoms with E-state index in [4.69, 9.17) is 11.6 Å². The predicted molar refractivity (Wildman–Crippen MR) is 75.6 cm³/mol. The van der Waals surface area contributed by atoms with E-state index < -0.39 is 0 Å². The minimum absolute atomic E-state index is 0.223. The highest BCUT2D eigenvalue weighted by Gasteiger charge is 2.22. The molecule has 1 saturated carbocycles. The molecule has 1 aliphatic carbocycles. The molecule has 1 nitrogen and oxygen atoms in total. The Morgan fingerprint density at radius 3 is 2.72 bits per heavy atom. The van der Waals surface area contributed by atoms with Gasteiger partial charge in [-0.3, -0.25) is 0 Å². The van der Waals surface area contributed by atoms with Gasteiger partial charge in [-0.2, -0.15) is 0 Å². The van der Waals surface area contributed by atoms with Gasteiger partial charge in [0.2, 0.25) is 0 Å². The monoisotopic (exact) mass is 327 g/mol. The number of pyridine rings is 1. The largest absolute Gasteiger partial charge is 0.244 e. The van der Waals surface area contributed by atoms with Crippen molar-refractivity contribution in [3.05, 3.63) is 39.3 Å². The molecule has 0 N–H and O–H groups in total. The standard InChI is InChI=1S/C14H12BrClFN/c15-11-6-5-9-12(13(11)17)10(7-18-14(9)16)8-3-1-2-4-8/h5-8H,1-4H2. The minimum atomic E-state index is -0.223. The first-order chi connectivity index (χ1) is 8.68. The number of hydrogen-bond acceptors (Lipinski definition) is 1. The summed E-state index contributed by atoms with van der Waals surface area (Å²) in [5.74, 6) is 0.194. The van der Waals surface area contributed by atoms with Crippen LogP contribution in [0, 0.1) is 5.82 Å². The maximum Gasteiger partial charge on any atom is 0.145 e. The fourth-order valence-corrected chi connectivity index (χ4v) is 3.35. The van der Waals surface area contributed by atoms with Crippen molar-refractivity contribution in [2.75, 3.05) is 0 Å². The highest BCUT2D eigenvalue weighted by molar-refractivity contribution is 9.10. The highest BCUT2D eigenvalue weighted by atomic mass is 79.9. The molecular formula is C14H12BrClFN. The molecule has 1 aromatic heterocycles. The fourth-order valence-electron chi connectivity index (χ4n) is 2.81. The molecule has 18 heavy (non-hydrogen) atoms. The molecule has 0 saturated heterocycles. The van der Waals surface area contributed by atoms with Crippen LogP contribution in [0.5, 0.6) is 0 Å². The third kappa shape index (κ3) is 1.94. The van der Waals surface area contributed by atoms with E-state index in [0.717, 1.165) is 18.4 Å². The van der Waals surface area contributed by atoms with Gasteiger partial charge in [0, 0.05) is 17.0 Å². The van der Waals surface area contributed by atoms with Crippen LogP contribution < -0.4 is 0 Å². The van der Waals surface area contributed by atoms with Gasteiger partial charge in [0.15, 0.2) is 0 Å². The Labute approximate surface area is 118 Å². The molecule has 4 heteroatoms. The normalized spacial score (nSPS) is 16.6. The van der Waals surface area contributed by atoms with Crippen molar-refractivity contribution in [1.82, 2.24) is 4.98 Å². The number of benzene rings is 1. The molecule has 0 unspecified atom stereocenters. The van der Waals surface area contributed by atoms with E-state index >= 15 is 0 Å². The van der Waals surface area contributed by atoms with Gasteiger partial charge in [0.05, 0.1) is 4.47 Å². The van der Waals surface area contributed by atoms with Gasteiger partial charge < -0.3 is 0 Å². The lowest BCUT2D eigenvalue weighted by atomic mass is 9.94. The Morgan fingerprint density at radius 1 is 1.28 bits per heavy atom. The van der Waals surface area contributed by atoms with Crippen LogP contribution in [0.3, 0.4) is 0 Å². The van der Waals surface area contributed by atoms with E-state index in [1.54, 1.807) is 12.3 Å². The molecule has 2 aromatic rings. The van der Waals surface area contributed by atoms with Gasteiger partial charge in [-0.05, 0) is 52.4 Å². The van der Waals surface area contributed by atoms with Crippen molar-refractivity contribution in [2.24, 2.45) is 0 Å². The minimum Gasteiger partial charge on any atom is -0.244 e. The SMILES string of the molecule is Fc1c(Br)ccc2c(Cl)ncc(C3CCCC3)c12. The summed E-state index contributed by atoms with van der Waals surface area (Å²) in [4.78, 5) is 4.21. The first-order valence-electron chi connectivity index (χ1n) is 6.10. The molecule has 94 valence electrons. The van der Waals surface area contributed by atoms with Crippen LogP contribution in [0.25, 0.3) is 10.8 Å². The molecule has 1 fully saturated rings. The van der Waals surface area contributed by atoms with Crippen molar-refractivity contribution in [1.29, 1.82) is 0 Å². The van der Waals surface area contributed by atoms with Gasteiger partial charge >= 0.3 is 0 Å². The van der Waals surface area contributed by atoms with Gasteiger partial charge in [-0.15, -0.1) is 0 Å². The molecule has 0 radical (unpaired) electrons. The molecule has 1 aromatic carbocycles. The number of aromatic nitrogens is 1. The summed E-state index contributed by atoms with van der Waals surface area (Å²) < 4.78 is 14.8. The molecular weight excluding hydrogens is 317 g/mol. The molecule has 0 bridgehead atoms. The van der Waals surface area contributed by atoms with Crippen LogP contribution in [0.2, 0.25) is 5.15 Å². The summed E-state index contributed by atoms with van der Waals surface area (Å²) in [6.07, 6.45) is 6.40. The van der Waals surface area contributed by atoms with Gasteiger partial charge in [0.1, 0.15) is 11.0 Å². The Morgan fingerprint density at radius 2 is 2.00 bits per heavy atom. The number of hydrogen-bond donors (Lipinski definition) is 0. The van der Waals surface area contributed by atoms with E-state index in [-0.39, 0.29) is 5.82 Å². The van der Waals surface area contributed by atoms with Gasteiger partial charge in [-0.25, -0.2) is 9.37 Å². The zero-order valence-electron chi connectivity index (χ0n) is 9.72. The summed E-state index contributed by atoms with van der Waals surface area (Å²) in [5, 5.41) is 1.72. The van der Waals surface area contributed by atoms with Crippen molar-refractivity contribution in [3.63, 3.8) is 0 Å². The molecule has 0 amide bonds. The lowest BCUT2D eigenvalue weighted by Gasteiger charge is -2.14. The molecule has 0 aliphatic heterocycles. The van der Waals surface area contributed by atoms with Crippen LogP contribution >= 0.6 is 27.5 Å². The zero-order chi connectivity index (χ0) is 12.7. The van der Waals surface area contributed by atoms with E-state index in [2.05, 4.69) is 20.9 Å². The van der Waals surface area contributed by atoms with Crippen LogP contribution in [-0.4, -0.2) is 4.98 Å². The lowest BCUT2D eigenvalue weighted by Crippen LogP contribution is -1.98. The number of rotatable bonds is 1. The van der Waals surface area contributed by atoms with Gasteiger partial charge in [-0.1, -0.05) is 24.4 Å². The molecule has 1 aliphatic rings. The first-order valence-corrected chi connectivity index (χ1v) is 7.27. The number of halogens is 3. The van der Waals surface area contributed by atoms with E-state index in [1.807, 2.05) is 6.07 Å². The summed E-state index contributed by atoms with van der Waals surface area (Å²) in [6, 6.07) is 3.51. The predicted octanol–water partition coefficient (Wildman–Crippen LogP) is 5.45. The lowest BCUT2D eigenvalue weighted by molar-refractivity contribution is 0.628. The van der Waals surface area contributed by atoms with Crippen LogP contribution in [-0.2, 0) is 0 Å². The summed E-state index contributed by atoms with van der Waals surface area (Å²) in [7, 11) is 0. The zero-order valence-corrected chi connectivity index (χ0v) is 12.1. The third-order valence-electron chi connectivity index (χ3n) is 3.72. The topological polar surface area (TPSA) is 12.9 Å². The second kappa shape index (κ2) is 4.78. The maximum atomic E-state index is 14.4. The average Bonchev–Trinajstić information content (AvgIpc) is 2.88. The Hall–Kier alpha value is -0.670. The quantitative estimate of drug-likeness (QED) is 0.635. The second-order valence-corrected chi connectivity index (χ2v) is 5.98. The smallest absolute Gasteiger partial charge is 0.145 e. The Bertz CT molecular complexity index is 608. The second-order valence-electron chi connectivity index (χ2n) is 4.77. The highest BCUT2D eigenvalue weighted by Crippen LogP contribution is 2.40. The van der Waals surface area contributed by atoms with Crippen molar-refractivity contribution in [2.45, 2.75) is 31.6 Å². The molecule has 1 heterocycles. The first kappa shape index (κ1) is 12.4. The molecule has 3 rings (SSSR count). The number of fused-ring (bicyclic) bond motifs is 1. The van der Waals surface area contributed by atoms with Crippen molar-refractivity contribution in [3.8, 4) is 0 Å². The maximum absolute atomic E-state index is 14.4. The van der Waals surface area contributed by atoms with Crippen LogP contribution in [0.15, 0.2) is 22.8 Å². The number of nitrogens with zero attached hydrogens (tertiary/aromatic N) is 1. The Balaban J connectivity index is 2.31.